The Morgan fingerprint density at radius 1 is 1.48 bits per heavy atom. The lowest BCUT2D eigenvalue weighted by Gasteiger charge is -2.39. The molecule has 0 amide bonds. The van der Waals surface area contributed by atoms with E-state index in [1.165, 1.54) is 4.88 Å². The van der Waals surface area contributed by atoms with Crippen LogP contribution in [0.25, 0.3) is 0 Å². The fourth-order valence-corrected chi connectivity index (χ4v) is 5.11. The fraction of sp³-hybridized carbons (Fsp3) is 0.643. The molecule has 1 aromatic rings. The summed E-state index contributed by atoms with van der Waals surface area (Å²) in [6.45, 7) is 7.91. The Hall–Kier alpha value is 0.130. The highest BCUT2D eigenvalue weighted by molar-refractivity contribution is 14.0. The number of sulfone groups is 1. The van der Waals surface area contributed by atoms with Crippen LogP contribution in [-0.2, 0) is 16.4 Å². The molecule has 1 N–H and O–H groups in total. The predicted molar refractivity (Wildman–Crippen MR) is 112 cm³/mol. The molecule has 0 atom stereocenters. The van der Waals surface area contributed by atoms with Crippen molar-refractivity contribution in [1.29, 1.82) is 0 Å². The van der Waals surface area contributed by atoms with E-state index in [-0.39, 0.29) is 29.7 Å². The predicted octanol–water partition coefficient (Wildman–Crippen LogP) is 3.10. The third-order valence-corrected chi connectivity index (χ3v) is 7.83. The molecule has 0 spiro atoms. The van der Waals surface area contributed by atoms with E-state index in [1.54, 1.807) is 25.2 Å². The second-order valence-corrected chi connectivity index (χ2v) is 11.2. The summed E-state index contributed by atoms with van der Waals surface area (Å²) in [5.74, 6) is 0.963. The van der Waals surface area contributed by atoms with Crippen molar-refractivity contribution in [2.24, 2.45) is 4.99 Å². The van der Waals surface area contributed by atoms with Gasteiger partial charge in [0.1, 0.15) is 0 Å². The van der Waals surface area contributed by atoms with Gasteiger partial charge in [-0.05, 0) is 48.8 Å². The second-order valence-electron chi connectivity index (χ2n) is 5.88. The Morgan fingerprint density at radius 3 is 2.70 bits per heavy atom. The highest BCUT2D eigenvalue weighted by Gasteiger charge is 2.40. The third kappa shape index (κ3) is 5.30. The summed E-state index contributed by atoms with van der Waals surface area (Å²) in [4.78, 5) is 7.88. The number of nitrogens with one attached hydrogen (secondary N) is 1. The van der Waals surface area contributed by atoms with Crippen LogP contribution < -0.4 is 5.32 Å². The SMILES string of the molecule is CCNC(=NCc1ccc(Br)s1)N1CCS(=O)(=O)C(C)(C)C1.I. The molecule has 1 saturated heterocycles. The number of aliphatic imine (C=N–C) groups is 1. The summed E-state index contributed by atoms with van der Waals surface area (Å²) in [6, 6.07) is 4.06. The number of nitrogens with zero attached hydrogens (tertiary/aromatic N) is 2. The Balaban J connectivity index is 0.00000264. The van der Waals surface area contributed by atoms with Crippen molar-refractivity contribution in [1.82, 2.24) is 10.2 Å². The molecule has 0 aliphatic carbocycles. The molecule has 2 rings (SSSR count). The first-order valence-electron chi connectivity index (χ1n) is 7.25. The Morgan fingerprint density at radius 2 is 2.17 bits per heavy atom. The van der Waals surface area contributed by atoms with Crippen LogP contribution in [-0.4, -0.2) is 49.4 Å². The Labute approximate surface area is 168 Å². The lowest BCUT2D eigenvalue weighted by atomic mass is 10.2. The first kappa shape index (κ1) is 21.2. The maximum atomic E-state index is 12.1. The topological polar surface area (TPSA) is 61.8 Å². The van der Waals surface area contributed by atoms with Crippen LogP contribution in [0.5, 0.6) is 0 Å². The molecule has 5 nitrogen and oxygen atoms in total. The average molecular weight is 536 g/mol. The fourth-order valence-electron chi connectivity index (χ4n) is 2.34. The number of halogens is 2. The minimum Gasteiger partial charge on any atom is -0.357 e. The van der Waals surface area contributed by atoms with Gasteiger partial charge in [-0.2, -0.15) is 0 Å². The third-order valence-electron chi connectivity index (χ3n) is 3.69. The van der Waals surface area contributed by atoms with Crippen LogP contribution in [0.1, 0.15) is 25.6 Å². The van der Waals surface area contributed by atoms with Crippen molar-refractivity contribution >= 4 is 67.0 Å². The van der Waals surface area contributed by atoms with E-state index in [4.69, 9.17) is 0 Å². The number of rotatable bonds is 3. The minimum atomic E-state index is -3.03. The van der Waals surface area contributed by atoms with Gasteiger partial charge in [0.05, 0.1) is 20.8 Å². The van der Waals surface area contributed by atoms with Crippen LogP contribution in [0.3, 0.4) is 0 Å². The monoisotopic (exact) mass is 535 g/mol. The zero-order valence-electron chi connectivity index (χ0n) is 13.5. The van der Waals surface area contributed by atoms with Crippen molar-refractivity contribution in [2.45, 2.75) is 32.1 Å². The first-order valence-corrected chi connectivity index (χ1v) is 10.5. The van der Waals surface area contributed by atoms with Gasteiger partial charge in [0.15, 0.2) is 15.8 Å². The van der Waals surface area contributed by atoms with E-state index in [2.05, 4.69) is 26.2 Å². The van der Waals surface area contributed by atoms with E-state index in [0.29, 0.717) is 19.6 Å². The lowest BCUT2D eigenvalue weighted by Crippen LogP contribution is -2.57. The molecule has 0 radical (unpaired) electrons. The molecule has 1 aliphatic rings. The number of guanidine groups is 1. The minimum absolute atomic E-state index is 0. The zero-order chi connectivity index (χ0) is 16.4. The molecule has 0 bridgehead atoms. The van der Waals surface area contributed by atoms with Crippen LogP contribution in [0.2, 0.25) is 0 Å². The number of hydrogen-bond acceptors (Lipinski definition) is 4. The van der Waals surface area contributed by atoms with Gasteiger partial charge in [-0.3, -0.25) is 0 Å². The van der Waals surface area contributed by atoms with Gasteiger partial charge in [-0.15, -0.1) is 35.3 Å². The summed E-state index contributed by atoms with van der Waals surface area (Å²) in [5, 5.41) is 3.27. The van der Waals surface area contributed by atoms with Crippen molar-refractivity contribution in [3.8, 4) is 0 Å². The van der Waals surface area contributed by atoms with Crippen molar-refractivity contribution in [3.63, 3.8) is 0 Å². The Bertz CT molecular complexity index is 659. The molecular weight excluding hydrogens is 513 g/mol. The van der Waals surface area contributed by atoms with Crippen LogP contribution in [0.15, 0.2) is 20.9 Å². The van der Waals surface area contributed by atoms with E-state index in [1.807, 2.05) is 24.0 Å². The highest BCUT2D eigenvalue weighted by atomic mass is 127. The summed E-state index contributed by atoms with van der Waals surface area (Å²) in [6.07, 6.45) is 0. The second kappa shape index (κ2) is 8.48. The molecule has 0 aromatic carbocycles. The van der Waals surface area contributed by atoms with Crippen LogP contribution in [0.4, 0.5) is 0 Å². The summed E-state index contributed by atoms with van der Waals surface area (Å²) in [5.41, 5.74) is 0. The molecule has 2 heterocycles. The smallest absolute Gasteiger partial charge is 0.194 e. The van der Waals surface area contributed by atoms with Crippen LogP contribution in [0, 0.1) is 0 Å². The van der Waals surface area contributed by atoms with Crippen molar-refractivity contribution in [3.05, 3.63) is 20.8 Å². The lowest BCUT2D eigenvalue weighted by molar-refractivity contribution is 0.353. The molecule has 0 saturated carbocycles. The van der Waals surface area contributed by atoms with Gasteiger partial charge < -0.3 is 10.2 Å². The summed E-state index contributed by atoms with van der Waals surface area (Å²) < 4.78 is 24.6. The number of thiophene rings is 1. The summed E-state index contributed by atoms with van der Waals surface area (Å²) in [7, 11) is -3.03. The molecule has 1 aromatic heterocycles. The standard InChI is InChI=1S/C14H22BrN3O2S2.HI/c1-4-16-13(17-9-11-5-6-12(15)21-11)18-7-8-22(19,20)14(2,3)10-18;/h5-6H,4,7-10H2,1-3H3,(H,16,17);1H. The maximum Gasteiger partial charge on any atom is 0.194 e. The van der Waals surface area contributed by atoms with E-state index in [0.717, 1.165) is 16.3 Å². The molecule has 9 heteroatoms. The van der Waals surface area contributed by atoms with E-state index < -0.39 is 14.6 Å². The largest absolute Gasteiger partial charge is 0.357 e. The van der Waals surface area contributed by atoms with Crippen molar-refractivity contribution < 1.29 is 8.42 Å². The van der Waals surface area contributed by atoms with E-state index in [9.17, 15) is 8.42 Å². The normalized spacial score (nSPS) is 20.0. The molecule has 0 unspecified atom stereocenters. The molecule has 1 fully saturated rings. The maximum absolute atomic E-state index is 12.1. The molecule has 23 heavy (non-hydrogen) atoms. The molecule has 1 aliphatic heterocycles. The van der Waals surface area contributed by atoms with Crippen molar-refractivity contribution in [2.75, 3.05) is 25.4 Å². The van der Waals surface area contributed by atoms with Gasteiger partial charge in [0.25, 0.3) is 0 Å². The van der Waals surface area contributed by atoms with Gasteiger partial charge in [-0.1, -0.05) is 0 Å². The van der Waals surface area contributed by atoms with Gasteiger partial charge in [0, 0.05) is 24.5 Å². The van der Waals surface area contributed by atoms with Gasteiger partial charge >= 0.3 is 0 Å². The van der Waals surface area contributed by atoms with Gasteiger partial charge in [-0.25, -0.2) is 13.4 Å². The number of hydrogen-bond donors (Lipinski definition) is 1. The highest BCUT2D eigenvalue weighted by Crippen LogP contribution is 2.25. The average Bonchev–Trinajstić information content (AvgIpc) is 2.84. The van der Waals surface area contributed by atoms with E-state index >= 15 is 0 Å². The van der Waals surface area contributed by atoms with Gasteiger partial charge in [0.2, 0.25) is 0 Å². The molecular formula is C14H23BrIN3O2S2. The first-order chi connectivity index (χ1) is 10.2. The van der Waals surface area contributed by atoms with Crippen LogP contribution >= 0.6 is 51.2 Å². The quantitative estimate of drug-likeness (QED) is 0.367. The Kier molecular flexibility index (Phi) is 7.81. The molecule has 132 valence electrons. The zero-order valence-corrected chi connectivity index (χ0v) is 19.1. The summed E-state index contributed by atoms with van der Waals surface area (Å²) >= 11 is 5.11.